The van der Waals surface area contributed by atoms with Crippen LogP contribution in [0.2, 0.25) is 0 Å². The third-order valence-electron chi connectivity index (χ3n) is 3.48. The first kappa shape index (κ1) is 16.2. The van der Waals surface area contributed by atoms with E-state index in [2.05, 4.69) is 10.2 Å². The third kappa shape index (κ3) is 5.04. The summed E-state index contributed by atoms with van der Waals surface area (Å²) in [6.07, 6.45) is 1.52. The Kier molecular flexibility index (Phi) is 5.75. The van der Waals surface area contributed by atoms with Gasteiger partial charge in [-0.25, -0.2) is 4.79 Å². The number of urea groups is 1. The number of carbonyl (C=O) groups is 3. The van der Waals surface area contributed by atoms with E-state index in [9.17, 15) is 14.4 Å². The molecular formula is C12H21N3O5. The molecule has 0 aromatic heterocycles. The maximum Gasteiger partial charge on any atom is 0.323 e. The summed E-state index contributed by atoms with van der Waals surface area (Å²) < 4.78 is 0. The molecule has 20 heavy (non-hydrogen) atoms. The van der Waals surface area contributed by atoms with Crippen LogP contribution >= 0.6 is 0 Å². The highest BCUT2D eigenvalue weighted by atomic mass is 16.4. The predicted molar refractivity (Wildman–Crippen MR) is 70.5 cm³/mol. The number of nitrogens with zero attached hydrogens (tertiary/aromatic N) is 2. The molecule has 2 amide bonds. The van der Waals surface area contributed by atoms with Gasteiger partial charge in [0.05, 0.1) is 0 Å². The first-order valence-corrected chi connectivity index (χ1v) is 6.49. The standard InChI is InChI=1S/C12H21N3O5/c1-8-5-9(3-4-14(8)2)13-12(20)15(6-10(16)17)7-11(18)19/h8-9H,3-7H2,1-2H3,(H,13,20)(H,16,17)(H,18,19). The van der Waals surface area contributed by atoms with Crippen molar-refractivity contribution in [2.75, 3.05) is 26.7 Å². The fraction of sp³-hybridized carbons (Fsp3) is 0.750. The van der Waals surface area contributed by atoms with Crippen molar-refractivity contribution in [3.8, 4) is 0 Å². The van der Waals surface area contributed by atoms with Crippen molar-refractivity contribution >= 4 is 18.0 Å². The van der Waals surface area contributed by atoms with Gasteiger partial charge in [0.1, 0.15) is 13.1 Å². The summed E-state index contributed by atoms with van der Waals surface area (Å²) in [5.74, 6) is -2.48. The lowest BCUT2D eigenvalue weighted by Gasteiger charge is -2.36. The van der Waals surface area contributed by atoms with Gasteiger partial charge >= 0.3 is 18.0 Å². The van der Waals surface area contributed by atoms with Gasteiger partial charge < -0.3 is 25.3 Å². The van der Waals surface area contributed by atoms with Gasteiger partial charge in [0.2, 0.25) is 0 Å². The molecule has 1 aliphatic heterocycles. The van der Waals surface area contributed by atoms with Crippen molar-refractivity contribution in [1.29, 1.82) is 0 Å². The highest BCUT2D eigenvalue weighted by Crippen LogP contribution is 2.15. The summed E-state index contributed by atoms with van der Waals surface area (Å²) in [6, 6.07) is -0.378. The minimum absolute atomic E-state index is 0.0567. The lowest BCUT2D eigenvalue weighted by Crippen LogP contribution is -2.52. The van der Waals surface area contributed by atoms with Crippen molar-refractivity contribution < 1.29 is 24.6 Å². The SMILES string of the molecule is CC1CC(NC(=O)N(CC(=O)O)CC(=O)O)CCN1C. The van der Waals surface area contributed by atoms with Crippen LogP contribution in [0.15, 0.2) is 0 Å². The number of nitrogens with one attached hydrogen (secondary N) is 1. The molecule has 0 saturated carbocycles. The van der Waals surface area contributed by atoms with Crippen molar-refractivity contribution in [2.24, 2.45) is 0 Å². The number of aliphatic carboxylic acids is 2. The summed E-state index contributed by atoms with van der Waals surface area (Å²) in [5, 5.41) is 20.1. The molecule has 0 aromatic rings. The maximum atomic E-state index is 11.9. The second kappa shape index (κ2) is 7.09. The van der Waals surface area contributed by atoms with Crippen molar-refractivity contribution in [2.45, 2.75) is 31.8 Å². The predicted octanol–water partition coefficient (Wildman–Crippen LogP) is -0.350. The van der Waals surface area contributed by atoms with Gasteiger partial charge in [0.15, 0.2) is 0 Å². The van der Waals surface area contributed by atoms with Crippen LogP contribution in [0.1, 0.15) is 19.8 Å². The van der Waals surface area contributed by atoms with Crippen LogP contribution in [0.25, 0.3) is 0 Å². The zero-order valence-electron chi connectivity index (χ0n) is 11.7. The molecule has 8 nitrogen and oxygen atoms in total. The highest BCUT2D eigenvalue weighted by molar-refractivity contribution is 5.84. The second-order valence-electron chi connectivity index (χ2n) is 5.14. The Morgan fingerprint density at radius 3 is 2.25 bits per heavy atom. The van der Waals surface area contributed by atoms with E-state index in [4.69, 9.17) is 10.2 Å². The van der Waals surface area contributed by atoms with E-state index in [1.54, 1.807) is 0 Å². The van der Waals surface area contributed by atoms with E-state index in [-0.39, 0.29) is 6.04 Å². The van der Waals surface area contributed by atoms with Crippen LogP contribution in [0.5, 0.6) is 0 Å². The Labute approximate surface area is 117 Å². The number of rotatable bonds is 5. The zero-order valence-corrected chi connectivity index (χ0v) is 11.7. The molecule has 0 radical (unpaired) electrons. The van der Waals surface area contributed by atoms with Crippen molar-refractivity contribution in [3.05, 3.63) is 0 Å². The molecule has 0 aliphatic carbocycles. The van der Waals surface area contributed by atoms with Gasteiger partial charge in [-0.05, 0) is 26.8 Å². The molecule has 1 heterocycles. The molecule has 2 atom stereocenters. The molecule has 3 N–H and O–H groups in total. The van der Waals surface area contributed by atoms with Gasteiger partial charge in [-0.2, -0.15) is 0 Å². The summed E-state index contributed by atoms with van der Waals surface area (Å²) >= 11 is 0. The smallest absolute Gasteiger partial charge is 0.323 e. The summed E-state index contributed by atoms with van der Waals surface area (Å²) in [6.45, 7) is 1.63. The largest absolute Gasteiger partial charge is 0.480 e. The van der Waals surface area contributed by atoms with Crippen molar-refractivity contribution in [1.82, 2.24) is 15.1 Å². The Hall–Kier alpha value is -1.83. The number of carboxylic acids is 2. The molecule has 0 spiro atoms. The lowest BCUT2D eigenvalue weighted by molar-refractivity contribution is -0.140. The van der Waals surface area contributed by atoms with Crippen molar-refractivity contribution in [3.63, 3.8) is 0 Å². The molecule has 0 aromatic carbocycles. The Bertz CT molecular complexity index is 371. The van der Waals surface area contributed by atoms with Gasteiger partial charge in [-0.1, -0.05) is 0 Å². The van der Waals surface area contributed by atoms with Gasteiger partial charge in [0, 0.05) is 18.6 Å². The molecule has 114 valence electrons. The minimum atomic E-state index is -1.24. The first-order valence-electron chi connectivity index (χ1n) is 6.49. The molecule has 2 unspecified atom stereocenters. The monoisotopic (exact) mass is 287 g/mol. The number of hydrogen-bond donors (Lipinski definition) is 3. The third-order valence-corrected chi connectivity index (χ3v) is 3.48. The minimum Gasteiger partial charge on any atom is -0.480 e. The number of likely N-dealkylation sites (tertiary alicyclic amines) is 1. The molecule has 1 saturated heterocycles. The van der Waals surface area contributed by atoms with Crippen LogP contribution in [0.3, 0.4) is 0 Å². The Morgan fingerprint density at radius 2 is 1.80 bits per heavy atom. The normalized spacial score (nSPS) is 23.1. The molecule has 8 heteroatoms. The number of hydrogen-bond acceptors (Lipinski definition) is 4. The molecule has 1 aliphatic rings. The summed E-state index contributed by atoms with van der Waals surface area (Å²) in [7, 11) is 2.00. The maximum absolute atomic E-state index is 11.9. The van der Waals surface area contributed by atoms with E-state index in [0.29, 0.717) is 6.04 Å². The average Bonchev–Trinajstić information content (AvgIpc) is 2.32. The quantitative estimate of drug-likeness (QED) is 0.637. The Morgan fingerprint density at radius 1 is 1.25 bits per heavy atom. The number of carboxylic acid groups (broad SMARTS) is 2. The molecular weight excluding hydrogens is 266 g/mol. The van der Waals surface area contributed by atoms with Crippen LogP contribution in [0.4, 0.5) is 4.79 Å². The van der Waals surface area contributed by atoms with E-state index < -0.39 is 31.1 Å². The molecule has 1 rings (SSSR count). The number of amides is 2. The lowest BCUT2D eigenvalue weighted by atomic mass is 9.99. The van der Waals surface area contributed by atoms with E-state index in [0.717, 1.165) is 24.3 Å². The second-order valence-corrected chi connectivity index (χ2v) is 5.14. The fourth-order valence-electron chi connectivity index (χ4n) is 2.21. The van der Waals surface area contributed by atoms with Gasteiger partial charge in [-0.15, -0.1) is 0 Å². The Balaban J connectivity index is 2.56. The van der Waals surface area contributed by atoms with Crippen LogP contribution in [-0.4, -0.2) is 76.7 Å². The summed E-state index contributed by atoms with van der Waals surface area (Å²) in [4.78, 5) is 36.2. The van der Waals surface area contributed by atoms with Gasteiger partial charge in [-0.3, -0.25) is 9.59 Å². The number of carbonyl (C=O) groups excluding carboxylic acids is 1. The molecule has 0 bridgehead atoms. The fourth-order valence-corrected chi connectivity index (χ4v) is 2.21. The number of piperidine rings is 1. The zero-order chi connectivity index (χ0) is 15.3. The topological polar surface area (TPSA) is 110 Å². The van der Waals surface area contributed by atoms with E-state index in [1.807, 2.05) is 14.0 Å². The van der Waals surface area contributed by atoms with Crippen LogP contribution in [-0.2, 0) is 9.59 Å². The molecule has 1 fully saturated rings. The van der Waals surface area contributed by atoms with Crippen LogP contribution < -0.4 is 5.32 Å². The highest BCUT2D eigenvalue weighted by Gasteiger charge is 2.27. The average molecular weight is 287 g/mol. The first-order chi connectivity index (χ1) is 9.29. The van der Waals surface area contributed by atoms with E-state index in [1.165, 1.54) is 0 Å². The van der Waals surface area contributed by atoms with Crippen LogP contribution in [0, 0.1) is 0 Å². The van der Waals surface area contributed by atoms with E-state index >= 15 is 0 Å². The van der Waals surface area contributed by atoms with Gasteiger partial charge in [0.25, 0.3) is 0 Å². The summed E-state index contributed by atoms with van der Waals surface area (Å²) in [5.41, 5.74) is 0.